The number of carbonyl (C=O) groups is 1. The molecule has 1 amide bonds. The summed E-state index contributed by atoms with van der Waals surface area (Å²) in [6.45, 7) is -1.88. The quantitative estimate of drug-likeness (QED) is 0.213. The molecule has 1 atom stereocenters. The standard InChI is InChI=1S/C28H24ClF2N3O6S2/c29-25-9-10-26(41-25)42(36,37)33-27(35)19-3-5-20(6-4-19)34(16-18-2-1-12-32-15-18)21-7-8-23(40-28(30)31)24(14-21)39-22-11-13-38-17-22/h1-10,12,14-15,22,28H,11,13,16-17H2,(H,33,35)/t22-/m1/s1. The maximum absolute atomic E-state index is 13.1. The van der Waals surface area contributed by atoms with Crippen molar-refractivity contribution >= 4 is 50.2 Å². The van der Waals surface area contributed by atoms with Crippen LogP contribution in [0.25, 0.3) is 0 Å². The minimum Gasteiger partial charge on any atom is -0.484 e. The number of hydrogen-bond acceptors (Lipinski definition) is 9. The van der Waals surface area contributed by atoms with Crippen LogP contribution < -0.4 is 19.1 Å². The minimum atomic E-state index is -4.10. The summed E-state index contributed by atoms with van der Waals surface area (Å²) in [5.41, 5.74) is 2.17. The van der Waals surface area contributed by atoms with E-state index in [1.807, 2.05) is 15.7 Å². The zero-order chi connectivity index (χ0) is 29.7. The molecule has 1 fully saturated rings. The second-order valence-electron chi connectivity index (χ2n) is 9.10. The summed E-state index contributed by atoms with van der Waals surface area (Å²) in [7, 11) is -4.10. The average molecular weight is 636 g/mol. The van der Waals surface area contributed by atoms with Crippen molar-refractivity contribution in [2.24, 2.45) is 0 Å². The average Bonchev–Trinajstić information content (AvgIpc) is 3.65. The Bertz CT molecular complexity index is 1630. The van der Waals surface area contributed by atoms with Crippen molar-refractivity contribution < 1.29 is 36.2 Å². The van der Waals surface area contributed by atoms with Crippen LogP contribution in [-0.2, 0) is 21.3 Å². The second kappa shape index (κ2) is 13.0. The molecule has 2 aromatic carbocycles. The van der Waals surface area contributed by atoms with E-state index >= 15 is 0 Å². The predicted octanol–water partition coefficient (Wildman–Crippen LogP) is 6.02. The van der Waals surface area contributed by atoms with Gasteiger partial charge in [0.05, 0.1) is 17.6 Å². The van der Waals surface area contributed by atoms with E-state index in [2.05, 4.69) is 4.98 Å². The van der Waals surface area contributed by atoms with Gasteiger partial charge in [-0.1, -0.05) is 17.7 Å². The molecular weight excluding hydrogens is 612 g/mol. The summed E-state index contributed by atoms with van der Waals surface area (Å²) in [5.74, 6) is -0.788. The van der Waals surface area contributed by atoms with E-state index < -0.39 is 22.5 Å². The van der Waals surface area contributed by atoms with Gasteiger partial charge in [-0.3, -0.25) is 9.78 Å². The zero-order valence-electron chi connectivity index (χ0n) is 21.8. The first-order valence-electron chi connectivity index (χ1n) is 12.6. The Labute approximate surface area is 249 Å². The predicted molar refractivity (Wildman–Crippen MR) is 153 cm³/mol. The Morgan fingerprint density at radius 1 is 1.12 bits per heavy atom. The van der Waals surface area contributed by atoms with Crippen LogP contribution in [0.1, 0.15) is 22.3 Å². The lowest BCUT2D eigenvalue weighted by Crippen LogP contribution is -2.30. The fourth-order valence-electron chi connectivity index (χ4n) is 4.21. The molecule has 0 bridgehead atoms. The van der Waals surface area contributed by atoms with Gasteiger partial charge in [-0.25, -0.2) is 13.1 Å². The van der Waals surface area contributed by atoms with E-state index in [4.69, 9.17) is 25.8 Å². The number of rotatable bonds is 11. The molecule has 220 valence electrons. The number of halogens is 3. The number of hydrogen-bond donors (Lipinski definition) is 1. The number of pyridine rings is 1. The summed E-state index contributed by atoms with van der Waals surface area (Å²) < 4.78 is 69.7. The zero-order valence-corrected chi connectivity index (χ0v) is 24.2. The number of anilines is 2. The first-order valence-corrected chi connectivity index (χ1v) is 15.3. The molecular formula is C28H24ClF2N3O6S2. The lowest BCUT2D eigenvalue weighted by molar-refractivity contribution is -0.0520. The SMILES string of the molecule is O=C(NS(=O)(=O)c1ccc(Cl)s1)c1ccc(N(Cc2cccnc2)c2ccc(OC(F)F)c(O[C@@H]3CCOC3)c2)cc1. The molecule has 14 heteroatoms. The van der Waals surface area contributed by atoms with Crippen LogP contribution in [0, 0.1) is 0 Å². The van der Waals surface area contributed by atoms with Crippen molar-refractivity contribution in [1.29, 1.82) is 0 Å². The normalized spacial score (nSPS) is 15.0. The highest BCUT2D eigenvalue weighted by atomic mass is 35.5. The van der Waals surface area contributed by atoms with Crippen LogP contribution >= 0.6 is 22.9 Å². The molecule has 0 saturated carbocycles. The van der Waals surface area contributed by atoms with Crippen LogP contribution in [-0.4, -0.2) is 45.2 Å². The summed E-state index contributed by atoms with van der Waals surface area (Å²) in [4.78, 5) is 18.8. The number of alkyl halides is 2. The molecule has 1 aliphatic rings. The van der Waals surface area contributed by atoms with Crippen molar-refractivity contribution in [2.75, 3.05) is 18.1 Å². The van der Waals surface area contributed by atoms with Gasteiger partial charge < -0.3 is 19.1 Å². The summed E-state index contributed by atoms with van der Waals surface area (Å²) in [5, 5.41) is 0. The van der Waals surface area contributed by atoms with E-state index in [1.54, 1.807) is 42.7 Å². The fraction of sp³-hybridized carbons (Fsp3) is 0.214. The molecule has 1 saturated heterocycles. The first-order chi connectivity index (χ1) is 20.2. The van der Waals surface area contributed by atoms with Gasteiger partial charge in [0.2, 0.25) is 0 Å². The number of carbonyl (C=O) groups excluding carboxylic acids is 1. The lowest BCUT2D eigenvalue weighted by Gasteiger charge is -2.27. The highest BCUT2D eigenvalue weighted by Gasteiger charge is 2.23. The van der Waals surface area contributed by atoms with E-state index in [0.29, 0.717) is 37.6 Å². The van der Waals surface area contributed by atoms with Gasteiger partial charge in [-0.05, 0) is 60.2 Å². The molecule has 4 aromatic rings. The van der Waals surface area contributed by atoms with Crippen LogP contribution in [0.5, 0.6) is 11.5 Å². The number of nitrogens with zero attached hydrogens (tertiary/aromatic N) is 2. The Kier molecular flexibility index (Phi) is 9.21. The van der Waals surface area contributed by atoms with Crippen molar-refractivity contribution in [3.63, 3.8) is 0 Å². The van der Waals surface area contributed by atoms with Gasteiger partial charge in [0, 0.05) is 48.4 Å². The topological polar surface area (TPSA) is 107 Å². The minimum absolute atomic E-state index is 0.0819. The third-order valence-electron chi connectivity index (χ3n) is 6.18. The van der Waals surface area contributed by atoms with E-state index in [0.717, 1.165) is 16.9 Å². The van der Waals surface area contributed by atoms with E-state index in [1.165, 1.54) is 30.3 Å². The number of benzene rings is 2. The Morgan fingerprint density at radius 3 is 2.55 bits per heavy atom. The van der Waals surface area contributed by atoms with Crippen molar-refractivity contribution in [3.8, 4) is 11.5 Å². The van der Waals surface area contributed by atoms with E-state index in [9.17, 15) is 22.0 Å². The molecule has 5 rings (SSSR count). The highest BCUT2D eigenvalue weighted by molar-refractivity contribution is 7.92. The van der Waals surface area contributed by atoms with Crippen molar-refractivity contribution in [3.05, 3.63) is 94.6 Å². The maximum atomic E-state index is 13.1. The van der Waals surface area contributed by atoms with E-state index in [-0.39, 0.29) is 31.7 Å². The van der Waals surface area contributed by atoms with Crippen molar-refractivity contribution in [2.45, 2.75) is 29.9 Å². The van der Waals surface area contributed by atoms with Gasteiger partial charge >= 0.3 is 6.61 Å². The first kappa shape index (κ1) is 29.7. The monoisotopic (exact) mass is 635 g/mol. The maximum Gasteiger partial charge on any atom is 0.387 e. The molecule has 42 heavy (non-hydrogen) atoms. The van der Waals surface area contributed by atoms with Crippen LogP contribution in [0.15, 0.2) is 83.3 Å². The summed E-state index contributed by atoms with van der Waals surface area (Å²) in [6.07, 6.45) is 3.63. The molecule has 0 aliphatic carbocycles. The molecule has 0 unspecified atom stereocenters. The molecule has 9 nitrogen and oxygen atoms in total. The summed E-state index contributed by atoms with van der Waals surface area (Å²) in [6, 6.07) is 17.3. The molecule has 1 N–H and O–H groups in total. The largest absolute Gasteiger partial charge is 0.484 e. The number of ether oxygens (including phenoxy) is 3. The highest BCUT2D eigenvalue weighted by Crippen LogP contribution is 2.38. The number of sulfonamides is 1. The van der Waals surface area contributed by atoms with Gasteiger partial charge in [-0.2, -0.15) is 8.78 Å². The van der Waals surface area contributed by atoms with Crippen LogP contribution in [0.2, 0.25) is 4.34 Å². The third-order valence-corrected chi connectivity index (χ3v) is 9.24. The third kappa shape index (κ3) is 7.34. The van der Waals surface area contributed by atoms with Gasteiger partial charge in [0.1, 0.15) is 10.3 Å². The second-order valence-corrected chi connectivity index (χ2v) is 12.7. The molecule has 1 aliphatic heterocycles. The lowest BCUT2D eigenvalue weighted by atomic mass is 10.1. The van der Waals surface area contributed by atoms with Crippen molar-refractivity contribution in [1.82, 2.24) is 9.71 Å². The number of nitrogens with one attached hydrogen (secondary N) is 1. The molecule has 2 aromatic heterocycles. The molecule has 0 radical (unpaired) electrons. The number of aromatic nitrogens is 1. The molecule has 3 heterocycles. The Hall–Kier alpha value is -3.78. The summed E-state index contributed by atoms with van der Waals surface area (Å²) >= 11 is 6.67. The number of amides is 1. The van der Waals surface area contributed by atoms with Gasteiger partial charge in [0.15, 0.2) is 11.5 Å². The molecule has 0 spiro atoms. The Balaban J connectivity index is 1.44. The smallest absolute Gasteiger partial charge is 0.387 e. The van der Waals surface area contributed by atoms with Crippen LogP contribution in [0.3, 0.4) is 0 Å². The fourth-order valence-corrected chi connectivity index (χ4v) is 6.66. The Morgan fingerprint density at radius 2 is 1.90 bits per heavy atom. The number of thiophene rings is 1. The van der Waals surface area contributed by atoms with Crippen LogP contribution in [0.4, 0.5) is 20.2 Å². The van der Waals surface area contributed by atoms with Gasteiger partial charge in [0.25, 0.3) is 15.9 Å². The van der Waals surface area contributed by atoms with Gasteiger partial charge in [-0.15, -0.1) is 11.3 Å².